The molecule has 17 heavy (non-hydrogen) atoms. The molecule has 0 radical (unpaired) electrons. The lowest BCUT2D eigenvalue weighted by molar-refractivity contribution is 0.836. The normalized spacial score (nSPS) is 13.8. The molecule has 0 N–H and O–H groups in total. The van der Waals surface area contributed by atoms with Gasteiger partial charge < -0.3 is 4.90 Å². The monoisotopic (exact) mass is 243 g/mol. The fourth-order valence-corrected chi connectivity index (χ4v) is 2.51. The second-order valence-corrected chi connectivity index (χ2v) is 4.86. The molecule has 0 spiro atoms. The average molecular weight is 244 g/mol. The number of nitrogens with zero attached hydrogens (tertiary/aromatic N) is 1. The van der Waals surface area contributed by atoms with E-state index in [1.807, 2.05) is 12.1 Å². The molecule has 0 saturated carbocycles. The van der Waals surface area contributed by atoms with E-state index in [2.05, 4.69) is 41.3 Å². The third-order valence-electron chi connectivity index (χ3n) is 3.27. The molecule has 1 aliphatic heterocycles. The Labute approximate surface area is 107 Å². The van der Waals surface area contributed by atoms with Crippen molar-refractivity contribution in [1.29, 1.82) is 0 Å². The summed E-state index contributed by atoms with van der Waals surface area (Å²) >= 11 is 5.90. The van der Waals surface area contributed by atoms with Crippen molar-refractivity contribution >= 4 is 17.3 Å². The van der Waals surface area contributed by atoms with Crippen LogP contribution in [0.1, 0.15) is 11.1 Å². The second-order valence-electron chi connectivity index (χ2n) is 4.43. The van der Waals surface area contributed by atoms with Gasteiger partial charge in [-0.15, -0.1) is 0 Å². The van der Waals surface area contributed by atoms with E-state index in [-0.39, 0.29) is 0 Å². The van der Waals surface area contributed by atoms with Gasteiger partial charge in [-0.3, -0.25) is 0 Å². The van der Waals surface area contributed by atoms with Crippen LogP contribution < -0.4 is 4.90 Å². The van der Waals surface area contributed by atoms with Crippen LogP contribution in [-0.2, 0) is 13.0 Å². The van der Waals surface area contributed by atoms with Crippen LogP contribution in [0.2, 0.25) is 5.02 Å². The number of hydrogen-bond acceptors (Lipinski definition) is 1. The Bertz CT molecular complexity index is 519. The maximum atomic E-state index is 5.90. The van der Waals surface area contributed by atoms with Gasteiger partial charge in [0.1, 0.15) is 0 Å². The number of anilines is 1. The Balaban J connectivity index is 1.81. The van der Waals surface area contributed by atoms with Gasteiger partial charge in [-0.25, -0.2) is 0 Å². The molecule has 0 aliphatic carbocycles. The molecule has 0 amide bonds. The van der Waals surface area contributed by atoms with E-state index in [1.165, 1.54) is 16.8 Å². The van der Waals surface area contributed by atoms with Crippen molar-refractivity contribution in [3.63, 3.8) is 0 Å². The molecule has 2 aromatic rings. The summed E-state index contributed by atoms with van der Waals surface area (Å²) in [4.78, 5) is 2.43. The van der Waals surface area contributed by atoms with E-state index in [1.54, 1.807) is 0 Å². The van der Waals surface area contributed by atoms with Gasteiger partial charge in [-0.1, -0.05) is 41.9 Å². The Kier molecular flexibility index (Phi) is 2.77. The number of hydrogen-bond donors (Lipinski definition) is 0. The minimum Gasteiger partial charge on any atom is -0.367 e. The van der Waals surface area contributed by atoms with Crippen LogP contribution in [0.4, 0.5) is 5.69 Å². The summed E-state index contributed by atoms with van der Waals surface area (Å²) in [6.07, 6.45) is 1.16. The predicted molar refractivity (Wildman–Crippen MR) is 72.6 cm³/mol. The molecule has 86 valence electrons. The molecule has 2 aromatic carbocycles. The Hall–Kier alpha value is -1.47. The number of halogens is 1. The van der Waals surface area contributed by atoms with E-state index >= 15 is 0 Å². The highest BCUT2D eigenvalue weighted by molar-refractivity contribution is 6.30. The van der Waals surface area contributed by atoms with Crippen LogP contribution in [0.15, 0.2) is 48.5 Å². The highest BCUT2D eigenvalue weighted by Crippen LogP contribution is 2.28. The van der Waals surface area contributed by atoms with E-state index < -0.39 is 0 Å². The van der Waals surface area contributed by atoms with Crippen LogP contribution in [0, 0.1) is 0 Å². The molecule has 0 saturated heterocycles. The Morgan fingerprint density at radius 3 is 2.59 bits per heavy atom. The predicted octanol–water partition coefficient (Wildman–Crippen LogP) is 3.90. The largest absolute Gasteiger partial charge is 0.367 e. The van der Waals surface area contributed by atoms with Crippen LogP contribution in [0.3, 0.4) is 0 Å². The quantitative estimate of drug-likeness (QED) is 0.773. The SMILES string of the molecule is Clc1ccc(CN2CCc3ccccc32)cc1. The van der Waals surface area contributed by atoms with Gasteiger partial charge in [0.15, 0.2) is 0 Å². The van der Waals surface area contributed by atoms with Crippen LogP contribution in [0.25, 0.3) is 0 Å². The highest BCUT2D eigenvalue weighted by atomic mass is 35.5. The first-order chi connectivity index (χ1) is 8.33. The third kappa shape index (κ3) is 2.16. The van der Waals surface area contributed by atoms with Crippen molar-refractivity contribution in [2.24, 2.45) is 0 Å². The molecular weight excluding hydrogens is 230 g/mol. The van der Waals surface area contributed by atoms with Crippen molar-refractivity contribution in [2.45, 2.75) is 13.0 Å². The summed E-state index contributed by atoms with van der Waals surface area (Å²) in [7, 11) is 0. The molecule has 3 rings (SSSR count). The molecule has 1 nitrogen and oxygen atoms in total. The summed E-state index contributed by atoms with van der Waals surface area (Å²) in [5.74, 6) is 0. The number of fused-ring (bicyclic) bond motifs is 1. The highest BCUT2D eigenvalue weighted by Gasteiger charge is 2.17. The van der Waals surface area contributed by atoms with Gasteiger partial charge in [0, 0.05) is 23.8 Å². The van der Waals surface area contributed by atoms with Crippen molar-refractivity contribution in [1.82, 2.24) is 0 Å². The maximum absolute atomic E-state index is 5.90. The fraction of sp³-hybridized carbons (Fsp3) is 0.200. The summed E-state index contributed by atoms with van der Waals surface area (Å²) in [5.41, 5.74) is 4.15. The lowest BCUT2D eigenvalue weighted by atomic mass is 10.1. The van der Waals surface area contributed by atoms with E-state index in [0.717, 1.165) is 24.5 Å². The van der Waals surface area contributed by atoms with Gasteiger partial charge >= 0.3 is 0 Å². The summed E-state index contributed by atoms with van der Waals surface area (Å²) < 4.78 is 0. The minimum absolute atomic E-state index is 0.801. The van der Waals surface area contributed by atoms with E-state index in [9.17, 15) is 0 Å². The molecule has 0 aromatic heterocycles. The number of para-hydroxylation sites is 1. The third-order valence-corrected chi connectivity index (χ3v) is 3.52. The molecule has 0 unspecified atom stereocenters. The Morgan fingerprint density at radius 2 is 1.76 bits per heavy atom. The van der Waals surface area contributed by atoms with Gasteiger partial charge in [-0.2, -0.15) is 0 Å². The average Bonchev–Trinajstić information content (AvgIpc) is 2.76. The summed E-state index contributed by atoms with van der Waals surface area (Å²) in [6.45, 7) is 2.08. The first kappa shape index (κ1) is 10.7. The zero-order valence-electron chi connectivity index (χ0n) is 9.57. The fourth-order valence-electron chi connectivity index (χ4n) is 2.38. The van der Waals surface area contributed by atoms with Gasteiger partial charge in [0.05, 0.1) is 0 Å². The second kappa shape index (κ2) is 4.42. The smallest absolute Gasteiger partial charge is 0.0429 e. The van der Waals surface area contributed by atoms with E-state index in [4.69, 9.17) is 11.6 Å². The van der Waals surface area contributed by atoms with Crippen LogP contribution in [0.5, 0.6) is 0 Å². The molecule has 0 bridgehead atoms. The summed E-state index contributed by atoms with van der Waals surface area (Å²) in [6, 6.07) is 16.8. The molecule has 1 aliphatic rings. The zero-order chi connectivity index (χ0) is 11.7. The maximum Gasteiger partial charge on any atom is 0.0429 e. The molecule has 1 heterocycles. The number of rotatable bonds is 2. The topological polar surface area (TPSA) is 3.24 Å². The number of benzene rings is 2. The van der Waals surface area contributed by atoms with Gasteiger partial charge in [-0.05, 0) is 35.7 Å². The standard InChI is InChI=1S/C15H14ClN/c16-14-7-5-12(6-8-14)11-17-10-9-13-3-1-2-4-15(13)17/h1-8H,9-11H2. The first-order valence-corrected chi connectivity index (χ1v) is 6.28. The van der Waals surface area contributed by atoms with Gasteiger partial charge in [0.2, 0.25) is 0 Å². The molecular formula is C15H14ClN. The van der Waals surface area contributed by atoms with E-state index in [0.29, 0.717) is 0 Å². The van der Waals surface area contributed by atoms with Crippen molar-refractivity contribution < 1.29 is 0 Å². The van der Waals surface area contributed by atoms with Crippen LogP contribution in [-0.4, -0.2) is 6.54 Å². The minimum atomic E-state index is 0.801. The lowest BCUT2D eigenvalue weighted by Crippen LogP contribution is -2.19. The van der Waals surface area contributed by atoms with Crippen molar-refractivity contribution in [3.05, 3.63) is 64.7 Å². The molecule has 2 heteroatoms. The zero-order valence-corrected chi connectivity index (χ0v) is 10.3. The molecule has 0 fully saturated rings. The van der Waals surface area contributed by atoms with Crippen molar-refractivity contribution in [2.75, 3.05) is 11.4 Å². The van der Waals surface area contributed by atoms with Crippen molar-refractivity contribution in [3.8, 4) is 0 Å². The lowest BCUT2D eigenvalue weighted by Gasteiger charge is -2.19. The van der Waals surface area contributed by atoms with Crippen LogP contribution >= 0.6 is 11.6 Å². The first-order valence-electron chi connectivity index (χ1n) is 5.90. The Morgan fingerprint density at radius 1 is 1.00 bits per heavy atom. The van der Waals surface area contributed by atoms with Gasteiger partial charge in [0.25, 0.3) is 0 Å². The summed E-state index contributed by atoms with van der Waals surface area (Å²) in [5, 5.41) is 0.801. The molecule has 0 atom stereocenters.